The zero-order chi connectivity index (χ0) is 19.2. The maximum Gasteiger partial charge on any atom is 0.407 e. The van der Waals surface area contributed by atoms with Crippen LogP contribution in [0.25, 0.3) is 11.1 Å². The Morgan fingerprint density at radius 2 is 1.57 bits per heavy atom. The number of rotatable bonds is 4. The molecule has 0 aliphatic heterocycles. The number of aliphatic hydroxyl groups is 1. The number of hydrogen-bond acceptors (Lipinski definition) is 3. The number of alkyl carbamates (subject to hydrolysis) is 1. The van der Waals surface area contributed by atoms with Crippen LogP contribution in [0.15, 0.2) is 48.5 Å². The first-order chi connectivity index (χ1) is 13.6. The first-order valence-electron chi connectivity index (χ1n) is 10.4. The van der Waals surface area contributed by atoms with Gasteiger partial charge in [0.25, 0.3) is 0 Å². The van der Waals surface area contributed by atoms with Crippen molar-refractivity contribution in [1.29, 1.82) is 0 Å². The Kier molecular flexibility index (Phi) is 4.20. The van der Waals surface area contributed by atoms with E-state index in [0.717, 1.165) is 12.8 Å². The molecule has 0 aromatic heterocycles. The number of fused-ring (bicyclic) bond motifs is 3. The molecule has 0 atom stereocenters. The van der Waals surface area contributed by atoms with E-state index in [1.54, 1.807) is 0 Å². The van der Waals surface area contributed by atoms with E-state index in [2.05, 4.69) is 29.6 Å². The molecule has 5 rings (SSSR count). The van der Waals surface area contributed by atoms with Crippen LogP contribution < -0.4 is 5.32 Å². The first kappa shape index (κ1) is 17.7. The fourth-order valence-corrected chi connectivity index (χ4v) is 5.95. The second-order valence-electron chi connectivity index (χ2n) is 8.95. The lowest BCUT2D eigenvalue weighted by Crippen LogP contribution is -2.63. The standard InChI is InChI=1S/C24H27NO3/c26-16-24(14-23(15-24)11-5-6-12-23)25-22(27)28-13-21-19-9-3-1-7-17(19)18-8-2-4-10-20(18)21/h1-4,7-10,21,26H,5-6,11-16H2,(H,25,27). The fraction of sp³-hybridized carbons (Fsp3) is 0.458. The van der Waals surface area contributed by atoms with E-state index < -0.39 is 11.6 Å². The monoisotopic (exact) mass is 377 g/mol. The van der Waals surface area contributed by atoms with Gasteiger partial charge in [-0.15, -0.1) is 0 Å². The van der Waals surface area contributed by atoms with E-state index in [1.165, 1.54) is 47.9 Å². The zero-order valence-electron chi connectivity index (χ0n) is 16.1. The minimum Gasteiger partial charge on any atom is -0.449 e. The van der Waals surface area contributed by atoms with Crippen LogP contribution in [0.4, 0.5) is 4.79 Å². The van der Waals surface area contributed by atoms with Crippen LogP contribution in [-0.2, 0) is 4.74 Å². The molecule has 2 saturated carbocycles. The molecule has 4 nitrogen and oxygen atoms in total. The molecule has 28 heavy (non-hydrogen) atoms. The molecule has 2 aromatic carbocycles. The highest BCUT2D eigenvalue weighted by molar-refractivity contribution is 5.79. The van der Waals surface area contributed by atoms with Gasteiger partial charge in [0.2, 0.25) is 0 Å². The number of nitrogens with one attached hydrogen (secondary N) is 1. The molecule has 0 heterocycles. The summed E-state index contributed by atoms with van der Waals surface area (Å²) < 4.78 is 5.66. The summed E-state index contributed by atoms with van der Waals surface area (Å²) in [6, 6.07) is 16.7. The number of amides is 1. The molecule has 1 amide bonds. The molecule has 2 fully saturated rings. The van der Waals surface area contributed by atoms with Gasteiger partial charge < -0.3 is 15.2 Å². The lowest BCUT2D eigenvalue weighted by atomic mass is 9.56. The molecule has 0 unspecified atom stereocenters. The van der Waals surface area contributed by atoms with E-state index in [-0.39, 0.29) is 12.5 Å². The molecule has 3 aliphatic carbocycles. The molecular formula is C24H27NO3. The third kappa shape index (κ3) is 2.82. The van der Waals surface area contributed by atoms with E-state index in [0.29, 0.717) is 12.0 Å². The van der Waals surface area contributed by atoms with Crippen LogP contribution in [0.2, 0.25) is 0 Å². The van der Waals surface area contributed by atoms with E-state index >= 15 is 0 Å². The van der Waals surface area contributed by atoms with E-state index in [1.807, 2.05) is 24.3 Å². The number of aliphatic hydroxyl groups excluding tert-OH is 1. The molecule has 2 N–H and O–H groups in total. The number of hydrogen-bond donors (Lipinski definition) is 2. The second kappa shape index (κ2) is 6.63. The molecular weight excluding hydrogens is 350 g/mol. The molecule has 0 saturated heterocycles. The van der Waals surface area contributed by atoms with Crippen molar-refractivity contribution in [2.45, 2.75) is 50.0 Å². The third-order valence-corrected chi connectivity index (χ3v) is 7.10. The molecule has 1 spiro atoms. The highest BCUT2D eigenvalue weighted by Gasteiger charge is 2.55. The van der Waals surface area contributed by atoms with Crippen molar-refractivity contribution in [1.82, 2.24) is 5.32 Å². The first-order valence-corrected chi connectivity index (χ1v) is 10.4. The van der Waals surface area contributed by atoms with Crippen molar-refractivity contribution < 1.29 is 14.6 Å². The highest BCUT2D eigenvalue weighted by Crippen LogP contribution is 2.57. The van der Waals surface area contributed by atoms with Crippen molar-refractivity contribution in [3.05, 3.63) is 59.7 Å². The van der Waals surface area contributed by atoms with Crippen molar-refractivity contribution in [3.63, 3.8) is 0 Å². The Hall–Kier alpha value is -2.33. The summed E-state index contributed by atoms with van der Waals surface area (Å²) in [4.78, 5) is 12.5. The van der Waals surface area contributed by atoms with Gasteiger partial charge in [0.1, 0.15) is 6.61 Å². The number of carbonyl (C=O) groups is 1. The minimum absolute atomic E-state index is 0.0149. The van der Waals surface area contributed by atoms with Crippen molar-refractivity contribution in [2.24, 2.45) is 5.41 Å². The van der Waals surface area contributed by atoms with E-state index in [9.17, 15) is 9.90 Å². The van der Waals surface area contributed by atoms with Crippen LogP contribution >= 0.6 is 0 Å². The summed E-state index contributed by atoms with van der Waals surface area (Å²) >= 11 is 0. The van der Waals surface area contributed by atoms with Crippen molar-refractivity contribution >= 4 is 6.09 Å². The molecule has 4 heteroatoms. The second-order valence-corrected chi connectivity index (χ2v) is 8.95. The molecule has 146 valence electrons. The highest BCUT2D eigenvalue weighted by atomic mass is 16.5. The maximum atomic E-state index is 12.5. The van der Waals surface area contributed by atoms with Crippen LogP contribution in [0.1, 0.15) is 55.6 Å². The van der Waals surface area contributed by atoms with Crippen LogP contribution in [0, 0.1) is 5.41 Å². The van der Waals surface area contributed by atoms with Crippen LogP contribution in [0.5, 0.6) is 0 Å². The molecule has 3 aliphatic rings. The smallest absolute Gasteiger partial charge is 0.407 e. The SMILES string of the molecule is O=C(NC1(CO)CC2(CCCC2)C1)OCC1c2ccccc2-c2ccccc21. The molecule has 2 aromatic rings. The Labute approximate surface area is 165 Å². The Morgan fingerprint density at radius 3 is 2.14 bits per heavy atom. The lowest BCUT2D eigenvalue weighted by molar-refractivity contribution is -0.0295. The summed E-state index contributed by atoms with van der Waals surface area (Å²) in [7, 11) is 0. The largest absolute Gasteiger partial charge is 0.449 e. The molecule has 0 bridgehead atoms. The normalized spacial score (nSPS) is 21.0. The van der Waals surface area contributed by atoms with E-state index in [4.69, 9.17) is 4.74 Å². The van der Waals surface area contributed by atoms with Crippen molar-refractivity contribution in [2.75, 3.05) is 13.2 Å². The fourth-order valence-electron chi connectivity index (χ4n) is 5.95. The Bertz CT molecular complexity index is 847. The van der Waals surface area contributed by atoms with Crippen molar-refractivity contribution in [3.8, 4) is 11.1 Å². The summed E-state index contributed by atoms with van der Waals surface area (Å²) in [6.45, 7) is 0.297. The zero-order valence-corrected chi connectivity index (χ0v) is 16.1. The van der Waals surface area contributed by atoms with Gasteiger partial charge in [-0.25, -0.2) is 4.79 Å². The average molecular weight is 377 g/mol. The number of carbonyl (C=O) groups excluding carboxylic acids is 1. The van der Waals surface area contributed by atoms with Gasteiger partial charge in [-0.2, -0.15) is 0 Å². The van der Waals surface area contributed by atoms with Gasteiger partial charge in [-0.3, -0.25) is 0 Å². The molecule has 0 radical (unpaired) electrons. The van der Waals surface area contributed by atoms with Gasteiger partial charge in [0.15, 0.2) is 0 Å². The predicted octanol–water partition coefficient (Wildman–Crippen LogP) is 4.61. The average Bonchev–Trinajstić information content (AvgIpc) is 3.29. The Morgan fingerprint density at radius 1 is 1.00 bits per heavy atom. The topological polar surface area (TPSA) is 58.6 Å². The number of ether oxygens (including phenoxy) is 1. The summed E-state index contributed by atoms with van der Waals surface area (Å²) in [6.07, 6.45) is 6.33. The third-order valence-electron chi connectivity index (χ3n) is 7.10. The van der Waals surface area contributed by atoms with Gasteiger partial charge in [0.05, 0.1) is 12.1 Å². The predicted molar refractivity (Wildman–Crippen MR) is 108 cm³/mol. The minimum atomic E-state index is -0.493. The quantitative estimate of drug-likeness (QED) is 0.818. The van der Waals surface area contributed by atoms with Crippen LogP contribution in [0.3, 0.4) is 0 Å². The number of benzene rings is 2. The van der Waals surface area contributed by atoms with Gasteiger partial charge in [-0.1, -0.05) is 61.4 Å². The summed E-state index contributed by atoms with van der Waals surface area (Å²) in [5.74, 6) is 0.0609. The summed E-state index contributed by atoms with van der Waals surface area (Å²) in [5, 5.41) is 12.9. The lowest BCUT2D eigenvalue weighted by Gasteiger charge is -2.54. The van der Waals surface area contributed by atoms with Gasteiger partial charge >= 0.3 is 6.09 Å². The summed E-state index contributed by atoms with van der Waals surface area (Å²) in [5.41, 5.74) is 4.72. The maximum absolute atomic E-state index is 12.5. The van der Waals surface area contributed by atoms with Gasteiger partial charge in [-0.05, 0) is 53.4 Å². The Balaban J connectivity index is 1.26. The van der Waals surface area contributed by atoms with Crippen LogP contribution in [-0.4, -0.2) is 30.0 Å². The van der Waals surface area contributed by atoms with Gasteiger partial charge in [0, 0.05) is 5.92 Å².